The van der Waals surface area contributed by atoms with Crippen molar-refractivity contribution in [1.82, 2.24) is 74.4 Å². The first-order valence-electron chi connectivity index (χ1n) is 44.7. The lowest BCUT2D eigenvalue weighted by Crippen LogP contribution is -2.53. The normalized spacial score (nSPS) is 20.0. The largest absolute Gasteiger partial charge is 0.413 e. The number of hydrogen-bond donors (Lipinski definition) is 18. The molecule has 1 heterocycles. The molecule has 5 atom stereocenters. The van der Waals surface area contributed by atoms with Crippen molar-refractivity contribution in [3.63, 3.8) is 0 Å². The van der Waals surface area contributed by atoms with Gasteiger partial charge in [-0.2, -0.15) is 50.5 Å². The van der Waals surface area contributed by atoms with Crippen molar-refractivity contribution >= 4 is 133 Å². The second-order valence-electron chi connectivity index (χ2n) is 33.7. The molecule has 0 spiro atoms. The molecule has 12 amide bonds. The predicted octanol–water partition coefficient (Wildman–Crippen LogP) is -2.02. The molecule has 1 fully saturated rings. The number of ether oxygens (including phenoxy) is 16. The average Bonchev–Trinajstić information content (AvgIpc) is 0.874. The molecule has 48 heteroatoms. The van der Waals surface area contributed by atoms with Gasteiger partial charge in [-0.15, -0.1) is 0 Å². The summed E-state index contributed by atoms with van der Waals surface area (Å²) in [5.74, 6) is -5.95. The Balaban J connectivity index is 3.39. The fourth-order valence-corrected chi connectivity index (χ4v) is 12.0. The summed E-state index contributed by atoms with van der Waals surface area (Å²) in [5, 5.41) is 38.5. The molecule has 0 aromatic heterocycles. The van der Waals surface area contributed by atoms with Crippen LogP contribution in [0.25, 0.3) is 0 Å². The maximum atomic E-state index is 13.3. The van der Waals surface area contributed by atoms with Gasteiger partial charge in [-0.1, -0.05) is 48.5 Å². The number of nitrogens with one attached hydrogen (secondary N) is 14. The Kier molecular flexibility index (Phi) is 67.5. The third-order valence-electron chi connectivity index (χ3n) is 17.8. The highest BCUT2D eigenvalue weighted by atomic mass is 32.1. The first kappa shape index (κ1) is 124. The van der Waals surface area contributed by atoms with Crippen LogP contribution in [0.1, 0.15) is 148 Å². The fourth-order valence-electron chi connectivity index (χ4n) is 11.0. The molecule has 1 rings (SSSR count). The Morgan fingerprint density at radius 3 is 1.02 bits per heavy atom. The average molecular weight is 1970 g/mol. The lowest BCUT2D eigenvalue weighted by Gasteiger charge is -2.32. The lowest BCUT2D eigenvalue weighted by molar-refractivity contribution is -0.502. The molecule has 14 N–H and O–H groups in total. The summed E-state index contributed by atoms with van der Waals surface area (Å²) < 4.78 is 95.0. The van der Waals surface area contributed by atoms with Crippen molar-refractivity contribution in [3.8, 4) is 0 Å². The van der Waals surface area contributed by atoms with E-state index in [2.05, 4.69) is 125 Å². The van der Waals surface area contributed by atoms with Crippen LogP contribution < -0.4 is 74.4 Å². The summed E-state index contributed by atoms with van der Waals surface area (Å²) in [5.41, 5.74) is -2.02. The van der Waals surface area contributed by atoms with Crippen LogP contribution >= 0.6 is 50.5 Å². The van der Waals surface area contributed by atoms with E-state index in [0.717, 1.165) is 0 Å². The summed E-state index contributed by atoms with van der Waals surface area (Å²) in [6.07, 6.45) is -5.98. The van der Waals surface area contributed by atoms with Crippen LogP contribution in [0.5, 0.6) is 0 Å². The van der Waals surface area contributed by atoms with E-state index in [1.54, 1.807) is 48.5 Å². The van der Waals surface area contributed by atoms with Crippen LogP contribution in [-0.4, -0.2) is 377 Å². The minimum atomic E-state index is -2.33. The van der Waals surface area contributed by atoms with Gasteiger partial charge in [0.1, 0.15) is 12.1 Å². The zero-order chi connectivity index (χ0) is 98.7. The van der Waals surface area contributed by atoms with Gasteiger partial charge in [-0.3, -0.25) is 67.1 Å². The van der Waals surface area contributed by atoms with Crippen LogP contribution in [0.15, 0.2) is 0 Å². The van der Waals surface area contributed by atoms with E-state index in [-0.39, 0.29) is 326 Å². The van der Waals surface area contributed by atoms with Crippen LogP contribution in [0.2, 0.25) is 0 Å². The molecule has 0 aromatic carbocycles. The number of carbonyl (C=O) groups is 14. The Morgan fingerprint density at radius 2 is 0.697 bits per heavy atom. The van der Waals surface area contributed by atoms with Crippen molar-refractivity contribution in [3.05, 3.63) is 0 Å². The molecule has 44 nitrogen and oxygen atoms in total. The first-order valence-corrected chi connectivity index (χ1v) is 47.2. The summed E-state index contributed by atoms with van der Waals surface area (Å²) in [6, 6.07) is -4.28. The Hall–Kier alpha value is -6.34. The molecule has 0 radical (unpaired) electrons. The number of ketones is 2. The molecule has 1 saturated heterocycles. The highest BCUT2D eigenvalue weighted by molar-refractivity contribution is 7.80. The minimum Gasteiger partial charge on any atom is -0.377 e. The van der Waals surface area contributed by atoms with Gasteiger partial charge in [0.25, 0.3) is 0 Å². The van der Waals surface area contributed by atoms with Gasteiger partial charge in [-0.25, -0.2) is 0 Å². The molecule has 764 valence electrons. The summed E-state index contributed by atoms with van der Waals surface area (Å²) >= 11 is 17.1. The number of hydrogen-bond acceptors (Lipinski definition) is 36. The fraction of sp³-hybridized carbons (Fsp3) is 0.833. The molecule has 5 unspecified atom stereocenters. The zero-order valence-corrected chi connectivity index (χ0v) is 83.0. The molecule has 132 heavy (non-hydrogen) atoms. The third kappa shape index (κ3) is 63.9. The molecule has 0 saturated carbocycles. The van der Waals surface area contributed by atoms with E-state index in [4.69, 9.17) is 75.8 Å². The molecule has 1 aliphatic rings. The van der Waals surface area contributed by atoms with Crippen LogP contribution in [0.3, 0.4) is 0 Å². The predicted molar refractivity (Wildman–Crippen MR) is 497 cm³/mol. The number of rotatable bonds is 47. The first-order chi connectivity index (χ1) is 62.6. The second-order valence-corrected chi connectivity index (χ2v) is 35.2. The summed E-state index contributed by atoms with van der Waals surface area (Å²) in [7, 11) is 0. The molecule has 0 aromatic rings. The summed E-state index contributed by atoms with van der Waals surface area (Å²) in [6.45, 7) is 21.6. The molecular weight excluding hydrogens is 1810 g/mol. The van der Waals surface area contributed by atoms with Crippen LogP contribution in [-0.2, 0) is 143 Å². The standard InChI is InChI=1S/C84H154N14O30S4/c1-14-60(74(108)79(2,3)4)94-69(103)19-15-65(99)85-23-31-113-39-47-121-83(122-48-40-114-32-24-86-66(100)16-20-70(104)95-61(56-129)75(109)80(5,6)7)123-49-41-115-33-25-87-67(101)17-21-71(105)96-62(57-130)76(110)90-28-36-118-44-52-126-84(125-51-43-117-35-27-89-73(107)55-93-81(8,9)10,128-54-46-120-38-30-92-78(112)64(59-132)98-82(11,12)13)127-53-45-119-37-29-91-77(111)63(58-131)97-72(106)22-18-68(102)88-26-34-116-42-50-124-83/h60-64,93,98,129-132H,14-59H2,1-13H3,(H,85,99)(H,86,100)(H,87,101)(H,88,102)(H,89,107)(H,90,110)(H,91,111)(H,92,112)(H,94,103)(H,95,104)(H,96,105)(H,97,106). The minimum absolute atomic E-state index is 0.00580. The van der Waals surface area contributed by atoms with Crippen molar-refractivity contribution in [2.75, 3.05) is 240 Å². The number of thiol groups is 4. The smallest absolute Gasteiger partial charge is 0.377 e. The molecular formula is C84H154N14O30S4. The quantitative estimate of drug-likeness (QED) is 0.0178. The number of Topliss-reactive ketones (excluding diaryl/α,β-unsaturated/α-hetero) is 2. The highest BCUT2D eigenvalue weighted by Gasteiger charge is 2.39. The van der Waals surface area contributed by atoms with Crippen molar-refractivity contribution in [2.45, 2.75) is 201 Å². The van der Waals surface area contributed by atoms with Gasteiger partial charge in [0, 0.05) is 149 Å². The van der Waals surface area contributed by atoms with Crippen molar-refractivity contribution in [2.24, 2.45) is 10.8 Å². The monoisotopic (exact) mass is 1970 g/mol. The molecule has 0 bridgehead atoms. The Bertz CT molecular complexity index is 3180. The van der Waals surface area contributed by atoms with E-state index in [9.17, 15) is 67.1 Å². The van der Waals surface area contributed by atoms with Crippen molar-refractivity contribution in [1.29, 1.82) is 0 Å². The van der Waals surface area contributed by atoms with E-state index in [0.29, 0.717) is 6.42 Å². The van der Waals surface area contributed by atoms with Crippen LogP contribution in [0, 0.1) is 10.8 Å². The van der Waals surface area contributed by atoms with E-state index >= 15 is 0 Å². The summed E-state index contributed by atoms with van der Waals surface area (Å²) in [4.78, 5) is 180. The van der Waals surface area contributed by atoms with Gasteiger partial charge in [-0.05, 0) is 48.0 Å². The van der Waals surface area contributed by atoms with E-state index in [1.165, 1.54) is 0 Å². The SMILES string of the molecule is CCC(NC(=O)CCC(=O)NCCOCCOC1(OCCOCCNC(=O)CCC(=O)NC(CS)C(=O)C(C)(C)C)OCCOCCNC(=O)CCC(=O)NC(CS)C(=O)NCCOCCOC(OCCOCCNC(=O)CNC(C)(C)C)(OCCOCCNC(=O)C(CS)NC(C)(C)C)OCCOCCNC(=O)C(CS)NC(=O)CCC(=O)NCCOCCO1)C(=O)C(C)(C)C. The topological polar surface area (TPSA) is 555 Å². The highest BCUT2D eigenvalue weighted by Crippen LogP contribution is 2.23. The maximum absolute atomic E-state index is 13.3. The third-order valence-corrected chi connectivity index (χ3v) is 19.2. The lowest BCUT2D eigenvalue weighted by atomic mass is 9.85. The number of amides is 12. The van der Waals surface area contributed by atoms with Gasteiger partial charge in [0.15, 0.2) is 11.6 Å². The number of carbonyl (C=O) groups excluding carboxylic acids is 14. The Labute approximate surface area is 798 Å². The second kappa shape index (κ2) is 72.0. The maximum Gasteiger partial charge on any atom is 0.413 e. The molecule has 0 aliphatic carbocycles. The zero-order valence-electron chi connectivity index (χ0n) is 79.4. The Morgan fingerprint density at radius 1 is 0.379 bits per heavy atom. The van der Waals surface area contributed by atoms with Gasteiger partial charge >= 0.3 is 12.3 Å². The van der Waals surface area contributed by atoms with E-state index in [1.807, 2.05) is 41.5 Å². The van der Waals surface area contributed by atoms with Gasteiger partial charge in [0.05, 0.1) is 183 Å². The van der Waals surface area contributed by atoms with Gasteiger partial charge < -0.3 is 150 Å². The molecule has 1 aliphatic heterocycles. The van der Waals surface area contributed by atoms with Crippen LogP contribution in [0.4, 0.5) is 0 Å². The van der Waals surface area contributed by atoms with Gasteiger partial charge in [0.2, 0.25) is 70.9 Å². The van der Waals surface area contributed by atoms with E-state index < -0.39 is 112 Å². The van der Waals surface area contributed by atoms with Crippen molar-refractivity contribution < 1.29 is 143 Å².